The van der Waals surface area contributed by atoms with E-state index in [0.717, 1.165) is 57.8 Å². The van der Waals surface area contributed by atoms with E-state index in [9.17, 15) is 45.3 Å². The molecule has 61 heavy (non-hydrogen) atoms. The van der Waals surface area contributed by atoms with Gasteiger partial charge in [0.05, 0.1) is 19.8 Å². The molecular formula is C46H78O15. The van der Waals surface area contributed by atoms with Crippen LogP contribution in [0.1, 0.15) is 136 Å². The number of hydrogen-bond donors (Lipinski definition) is 7. The molecule has 2 rings (SSSR count). The van der Waals surface area contributed by atoms with Crippen LogP contribution in [0.2, 0.25) is 0 Å². The third-order valence-corrected chi connectivity index (χ3v) is 10.6. The maximum atomic E-state index is 12.9. The van der Waals surface area contributed by atoms with Crippen LogP contribution in [-0.2, 0) is 38.0 Å². The van der Waals surface area contributed by atoms with E-state index >= 15 is 0 Å². The van der Waals surface area contributed by atoms with Crippen molar-refractivity contribution < 1.29 is 73.8 Å². The summed E-state index contributed by atoms with van der Waals surface area (Å²) in [5.74, 6) is -0.979. The van der Waals surface area contributed by atoms with E-state index in [1.54, 1.807) is 0 Å². The van der Waals surface area contributed by atoms with Crippen LogP contribution in [0.5, 0.6) is 0 Å². The Labute approximate surface area is 363 Å². The standard InChI is InChI=1S/C46H78O15/c1-3-5-7-9-11-13-15-16-17-18-19-21-22-24-26-28-37(48)56-31-34(59-38(49)29-27-25-23-20-14-12-10-8-6-4-2)32-57-45-44(55)42(53)40(51)36(61-45)33-58-46-43(54)41(52)39(50)35(30-47)60-46/h5,7,11,13,16-17,19,21,34-36,39-47,50-55H,3-4,6,8-10,12,14-15,18,20,22-33H2,1-2H3/b7-5+,13-11+,17-16+,21-19+/t34-,35-,36-,39+,40+,41?,42?,43?,44?,45-,46-/m1/s1. The van der Waals surface area contributed by atoms with E-state index in [2.05, 4.69) is 62.5 Å². The first-order valence-corrected chi connectivity index (χ1v) is 22.7. The zero-order chi connectivity index (χ0) is 44.7. The van der Waals surface area contributed by atoms with Gasteiger partial charge in [-0.25, -0.2) is 0 Å². The van der Waals surface area contributed by atoms with Crippen LogP contribution in [0.25, 0.3) is 0 Å². The molecule has 0 aromatic carbocycles. The number of esters is 2. The van der Waals surface area contributed by atoms with E-state index in [4.69, 9.17) is 28.4 Å². The van der Waals surface area contributed by atoms with Gasteiger partial charge in [-0.2, -0.15) is 0 Å². The molecule has 2 aliphatic heterocycles. The molecule has 0 amide bonds. The van der Waals surface area contributed by atoms with E-state index < -0.39 is 99.3 Å². The van der Waals surface area contributed by atoms with E-state index in [1.165, 1.54) is 38.5 Å². The lowest BCUT2D eigenvalue weighted by Crippen LogP contribution is -2.61. The Morgan fingerprint density at radius 1 is 0.541 bits per heavy atom. The van der Waals surface area contributed by atoms with Crippen LogP contribution in [0.3, 0.4) is 0 Å². The highest BCUT2D eigenvalue weighted by Gasteiger charge is 2.47. The third kappa shape index (κ3) is 23.1. The van der Waals surface area contributed by atoms with Crippen molar-refractivity contribution in [3.63, 3.8) is 0 Å². The van der Waals surface area contributed by atoms with Crippen molar-refractivity contribution in [3.8, 4) is 0 Å². The van der Waals surface area contributed by atoms with Crippen molar-refractivity contribution in [1.29, 1.82) is 0 Å². The van der Waals surface area contributed by atoms with Gasteiger partial charge in [-0.05, 0) is 51.4 Å². The Bertz CT molecular complexity index is 1260. The second-order valence-corrected chi connectivity index (χ2v) is 15.9. The molecular weight excluding hydrogens is 792 g/mol. The number of unbranched alkanes of at least 4 members (excludes halogenated alkanes) is 11. The fourth-order valence-corrected chi connectivity index (χ4v) is 6.79. The van der Waals surface area contributed by atoms with Gasteiger partial charge < -0.3 is 64.2 Å². The van der Waals surface area contributed by atoms with Gasteiger partial charge in [-0.1, -0.05) is 120 Å². The van der Waals surface area contributed by atoms with Crippen LogP contribution in [0, 0.1) is 0 Å². The van der Waals surface area contributed by atoms with Gasteiger partial charge in [0.2, 0.25) is 0 Å². The monoisotopic (exact) mass is 871 g/mol. The fraction of sp³-hybridized carbons (Fsp3) is 0.783. The molecule has 4 unspecified atom stereocenters. The molecule has 11 atom stereocenters. The molecule has 0 aromatic rings. The smallest absolute Gasteiger partial charge is 0.306 e. The molecule has 0 aromatic heterocycles. The van der Waals surface area contributed by atoms with Crippen LogP contribution in [0.15, 0.2) is 48.6 Å². The number of ether oxygens (including phenoxy) is 6. The number of aliphatic hydroxyl groups excluding tert-OH is 7. The van der Waals surface area contributed by atoms with Gasteiger partial charge in [-0.15, -0.1) is 0 Å². The molecule has 2 saturated heterocycles. The number of hydrogen-bond acceptors (Lipinski definition) is 15. The average Bonchev–Trinajstić information content (AvgIpc) is 3.25. The predicted molar refractivity (Wildman–Crippen MR) is 229 cm³/mol. The number of carbonyl (C=O) groups is 2. The lowest BCUT2D eigenvalue weighted by molar-refractivity contribution is -0.332. The van der Waals surface area contributed by atoms with Gasteiger partial charge in [-0.3, -0.25) is 9.59 Å². The van der Waals surface area contributed by atoms with Gasteiger partial charge in [0, 0.05) is 12.8 Å². The molecule has 0 aliphatic carbocycles. The summed E-state index contributed by atoms with van der Waals surface area (Å²) in [5.41, 5.74) is 0. The summed E-state index contributed by atoms with van der Waals surface area (Å²) in [6.45, 7) is 2.38. The van der Waals surface area contributed by atoms with Gasteiger partial charge in [0.25, 0.3) is 0 Å². The molecule has 15 heteroatoms. The minimum atomic E-state index is -1.77. The minimum Gasteiger partial charge on any atom is -0.462 e. The molecule has 15 nitrogen and oxygen atoms in total. The summed E-state index contributed by atoms with van der Waals surface area (Å²) in [4.78, 5) is 25.6. The Hall–Kier alpha value is -2.54. The minimum absolute atomic E-state index is 0.156. The maximum absolute atomic E-state index is 12.9. The highest BCUT2D eigenvalue weighted by atomic mass is 16.7. The summed E-state index contributed by atoms with van der Waals surface area (Å²) in [7, 11) is 0. The molecule has 2 aliphatic rings. The number of aliphatic hydroxyl groups is 7. The highest BCUT2D eigenvalue weighted by Crippen LogP contribution is 2.26. The first-order valence-electron chi connectivity index (χ1n) is 22.7. The second-order valence-electron chi connectivity index (χ2n) is 15.9. The molecule has 352 valence electrons. The number of rotatable bonds is 33. The number of allylic oxidation sites excluding steroid dienone is 8. The third-order valence-electron chi connectivity index (χ3n) is 10.6. The zero-order valence-corrected chi connectivity index (χ0v) is 36.6. The van der Waals surface area contributed by atoms with Gasteiger partial charge >= 0.3 is 11.9 Å². The molecule has 0 spiro atoms. The second kappa shape index (κ2) is 33.9. The Balaban J connectivity index is 1.87. The molecule has 0 bridgehead atoms. The van der Waals surface area contributed by atoms with Gasteiger partial charge in [0.15, 0.2) is 18.7 Å². The summed E-state index contributed by atoms with van der Waals surface area (Å²) >= 11 is 0. The molecule has 2 fully saturated rings. The van der Waals surface area contributed by atoms with E-state index in [0.29, 0.717) is 12.8 Å². The highest BCUT2D eigenvalue weighted by molar-refractivity contribution is 5.70. The quantitative estimate of drug-likeness (QED) is 0.0268. The van der Waals surface area contributed by atoms with E-state index in [1.807, 2.05) is 0 Å². The molecule has 2 heterocycles. The summed E-state index contributed by atoms with van der Waals surface area (Å²) in [6.07, 6.45) is 17.4. The van der Waals surface area contributed by atoms with Gasteiger partial charge in [0.1, 0.15) is 55.4 Å². The predicted octanol–water partition coefficient (Wildman–Crippen LogP) is 4.76. The summed E-state index contributed by atoms with van der Waals surface area (Å²) in [6, 6.07) is 0. The Morgan fingerprint density at radius 2 is 1.03 bits per heavy atom. The van der Waals surface area contributed by atoms with Crippen molar-refractivity contribution in [1.82, 2.24) is 0 Å². The van der Waals surface area contributed by atoms with Crippen molar-refractivity contribution in [2.75, 3.05) is 26.4 Å². The largest absolute Gasteiger partial charge is 0.462 e. The van der Waals surface area contributed by atoms with Crippen molar-refractivity contribution in [2.45, 2.75) is 203 Å². The average molecular weight is 871 g/mol. The van der Waals surface area contributed by atoms with Crippen LogP contribution < -0.4 is 0 Å². The van der Waals surface area contributed by atoms with Crippen LogP contribution >= 0.6 is 0 Å². The maximum Gasteiger partial charge on any atom is 0.306 e. The number of carbonyl (C=O) groups excluding carboxylic acids is 2. The summed E-state index contributed by atoms with van der Waals surface area (Å²) in [5, 5.41) is 71.8. The van der Waals surface area contributed by atoms with Crippen molar-refractivity contribution >= 4 is 11.9 Å². The normalized spacial score (nSPS) is 27.8. The first-order chi connectivity index (χ1) is 29.5. The topological polar surface area (TPSA) is 231 Å². The van der Waals surface area contributed by atoms with Crippen LogP contribution in [0.4, 0.5) is 0 Å². The van der Waals surface area contributed by atoms with Crippen molar-refractivity contribution in [2.24, 2.45) is 0 Å². The molecule has 0 saturated carbocycles. The lowest BCUT2D eigenvalue weighted by atomic mass is 9.98. The van der Waals surface area contributed by atoms with Crippen LogP contribution in [-0.4, -0.2) is 142 Å². The zero-order valence-electron chi connectivity index (χ0n) is 36.6. The summed E-state index contributed by atoms with van der Waals surface area (Å²) < 4.78 is 33.4. The van der Waals surface area contributed by atoms with Crippen molar-refractivity contribution in [3.05, 3.63) is 48.6 Å². The first kappa shape index (κ1) is 54.6. The Kier molecular flexibility index (Phi) is 30.4. The fourth-order valence-electron chi connectivity index (χ4n) is 6.79. The SMILES string of the molecule is CC/C=C/C/C=C/C/C=C/C/C=C/CCCCC(=O)OC[C@H](CO[C@@H]1O[C@H](CO[C@@H]2O[C@H](CO)[C@H](O)C(O)C2O)[C@H](O)C(O)C1O)OC(=O)CCCCCCCCCCCC. The molecule has 7 N–H and O–H groups in total. The lowest BCUT2D eigenvalue weighted by Gasteiger charge is -2.42. The molecule has 0 radical (unpaired) electrons. The Morgan fingerprint density at radius 3 is 1.62 bits per heavy atom. The van der Waals surface area contributed by atoms with E-state index in [-0.39, 0.29) is 19.4 Å².